The number of rotatable bonds is 7. The first-order valence-corrected chi connectivity index (χ1v) is 7.24. The van der Waals surface area contributed by atoms with Crippen molar-refractivity contribution in [3.05, 3.63) is 71.1 Å². The highest BCUT2D eigenvalue weighted by molar-refractivity contribution is 5.53. The summed E-state index contributed by atoms with van der Waals surface area (Å²) in [4.78, 5) is 4.02. The maximum Gasteiger partial charge on any atom is 0.106 e. The molecule has 2 rings (SSSR count). The third-order valence-electron chi connectivity index (χ3n) is 3.23. The van der Waals surface area contributed by atoms with Gasteiger partial charge in [0.25, 0.3) is 0 Å². The first kappa shape index (κ1) is 16.4. The molecule has 0 radical (unpaired) electrons. The number of pyridine rings is 1. The van der Waals surface area contributed by atoms with E-state index in [1.807, 2.05) is 49.4 Å². The van der Waals surface area contributed by atoms with Crippen LogP contribution in [-0.4, -0.2) is 35.0 Å². The molecule has 1 heterocycles. The molecule has 0 fully saturated rings. The van der Waals surface area contributed by atoms with Crippen LogP contribution in [0.15, 0.2) is 54.4 Å². The third kappa shape index (κ3) is 4.77. The Labute approximate surface area is 130 Å². The van der Waals surface area contributed by atoms with Crippen LogP contribution in [0.5, 0.6) is 0 Å². The number of hydrogen-bond donors (Lipinski definition) is 2. The Kier molecular flexibility index (Phi) is 6.27. The number of aromatic nitrogens is 1. The SMILES string of the molecule is C/C(=C\c1ccc(C(O)c2cccnc2)cc1)COCCO. The molecule has 0 saturated carbocycles. The predicted molar refractivity (Wildman–Crippen MR) is 86.3 cm³/mol. The molecule has 4 nitrogen and oxygen atoms in total. The van der Waals surface area contributed by atoms with Crippen molar-refractivity contribution in [3.8, 4) is 0 Å². The molecule has 1 aromatic carbocycles. The van der Waals surface area contributed by atoms with Gasteiger partial charge in [0.2, 0.25) is 0 Å². The Bertz CT molecular complexity index is 593. The summed E-state index contributed by atoms with van der Waals surface area (Å²) in [5.41, 5.74) is 3.74. The average Bonchev–Trinajstić information content (AvgIpc) is 2.56. The lowest BCUT2D eigenvalue weighted by atomic mass is 10.0. The highest BCUT2D eigenvalue weighted by atomic mass is 16.5. The summed E-state index contributed by atoms with van der Waals surface area (Å²) in [5, 5.41) is 19.0. The second kappa shape index (κ2) is 8.44. The van der Waals surface area contributed by atoms with E-state index in [-0.39, 0.29) is 6.61 Å². The van der Waals surface area contributed by atoms with Crippen molar-refractivity contribution in [2.75, 3.05) is 19.8 Å². The van der Waals surface area contributed by atoms with E-state index in [1.54, 1.807) is 12.4 Å². The quantitative estimate of drug-likeness (QED) is 0.771. The molecule has 2 N–H and O–H groups in total. The highest BCUT2D eigenvalue weighted by Gasteiger charge is 2.09. The number of benzene rings is 1. The lowest BCUT2D eigenvalue weighted by Gasteiger charge is -2.11. The van der Waals surface area contributed by atoms with E-state index in [9.17, 15) is 5.11 Å². The summed E-state index contributed by atoms with van der Waals surface area (Å²) in [6.45, 7) is 2.87. The maximum absolute atomic E-state index is 10.3. The topological polar surface area (TPSA) is 62.6 Å². The molecule has 0 saturated heterocycles. The van der Waals surface area contributed by atoms with Gasteiger partial charge in [-0.3, -0.25) is 4.98 Å². The van der Waals surface area contributed by atoms with Crippen LogP contribution in [0.3, 0.4) is 0 Å². The molecule has 22 heavy (non-hydrogen) atoms. The second-order valence-corrected chi connectivity index (χ2v) is 5.12. The van der Waals surface area contributed by atoms with Gasteiger partial charge in [-0.2, -0.15) is 0 Å². The fraction of sp³-hybridized carbons (Fsp3) is 0.278. The van der Waals surface area contributed by atoms with Crippen molar-refractivity contribution in [1.29, 1.82) is 0 Å². The molecule has 0 amide bonds. The monoisotopic (exact) mass is 299 g/mol. The van der Waals surface area contributed by atoms with Gasteiger partial charge in [-0.25, -0.2) is 0 Å². The van der Waals surface area contributed by atoms with Crippen molar-refractivity contribution in [2.45, 2.75) is 13.0 Å². The standard InChI is InChI=1S/C18H21NO3/c1-14(13-22-10-9-20)11-15-4-6-16(7-5-15)18(21)17-3-2-8-19-12-17/h2-8,11-12,18,20-21H,9-10,13H2,1H3/b14-11+. The molecule has 0 aliphatic rings. The normalized spacial score (nSPS) is 13.1. The van der Waals surface area contributed by atoms with E-state index in [0.29, 0.717) is 13.2 Å². The molecular weight excluding hydrogens is 278 g/mol. The van der Waals surface area contributed by atoms with Gasteiger partial charge in [-0.15, -0.1) is 0 Å². The van der Waals surface area contributed by atoms with Gasteiger partial charge < -0.3 is 14.9 Å². The summed E-state index contributed by atoms with van der Waals surface area (Å²) in [5.74, 6) is 0. The van der Waals surface area contributed by atoms with E-state index in [2.05, 4.69) is 4.98 Å². The molecule has 1 unspecified atom stereocenters. The molecule has 1 atom stereocenters. The summed E-state index contributed by atoms with van der Waals surface area (Å²) >= 11 is 0. The smallest absolute Gasteiger partial charge is 0.106 e. The fourth-order valence-electron chi connectivity index (χ4n) is 2.13. The van der Waals surface area contributed by atoms with Crippen molar-refractivity contribution in [3.63, 3.8) is 0 Å². The summed E-state index contributed by atoms with van der Waals surface area (Å²) in [6, 6.07) is 11.4. The number of ether oxygens (including phenoxy) is 1. The van der Waals surface area contributed by atoms with Gasteiger partial charge in [0, 0.05) is 18.0 Å². The van der Waals surface area contributed by atoms with Gasteiger partial charge in [-0.05, 0) is 29.7 Å². The molecular formula is C18H21NO3. The van der Waals surface area contributed by atoms with Crippen molar-refractivity contribution in [2.24, 2.45) is 0 Å². The van der Waals surface area contributed by atoms with Crippen LogP contribution in [0, 0.1) is 0 Å². The van der Waals surface area contributed by atoms with Gasteiger partial charge in [-0.1, -0.05) is 36.4 Å². The molecule has 1 aromatic heterocycles. The van der Waals surface area contributed by atoms with Crippen LogP contribution in [0.4, 0.5) is 0 Å². The summed E-state index contributed by atoms with van der Waals surface area (Å²) < 4.78 is 5.27. The zero-order valence-electron chi connectivity index (χ0n) is 12.6. The Hall–Kier alpha value is -2.01. The van der Waals surface area contributed by atoms with Gasteiger partial charge in [0.05, 0.1) is 19.8 Å². The van der Waals surface area contributed by atoms with Crippen LogP contribution in [0.2, 0.25) is 0 Å². The Morgan fingerprint density at radius 1 is 1.23 bits per heavy atom. The van der Waals surface area contributed by atoms with Crippen LogP contribution in [0.1, 0.15) is 29.7 Å². The van der Waals surface area contributed by atoms with E-state index in [4.69, 9.17) is 9.84 Å². The second-order valence-electron chi connectivity index (χ2n) is 5.12. The number of aliphatic hydroxyl groups is 2. The van der Waals surface area contributed by atoms with Crippen LogP contribution < -0.4 is 0 Å². The van der Waals surface area contributed by atoms with Crippen LogP contribution >= 0.6 is 0 Å². The number of hydrogen-bond acceptors (Lipinski definition) is 4. The minimum Gasteiger partial charge on any atom is -0.394 e. The molecule has 0 aliphatic carbocycles. The van der Waals surface area contributed by atoms with E-state index in [0.717, 1.165) is 22.3 Å². The highest BCUT2D eigenvalue weighted by Crippen LogP contribution is 2.21. The van der Waals surface area contributed by atoms with Gasteiger partial charge >= 0.3 is 0 Å². The molecule has 116 valence electrons. The Balaban J connectivity index is 2.02. The largest absolute Gasteiger partial charge is 0.394 e. The number of nitrogens with zero attached hydrogens (tertiary/aromatic N) is 1. The third-order valence-corrected chi connectivity index (χ3v) is 3.23. The van der Waals surface area contributed by atoms with Crippen molar-refractivity contribution in [1.82, 2.24) is 4.98 Å². The average molecular weight is 299 g/mol. The first-order chi connectivity index (χ1) is 10.7. The molecule has 0 aliphatic heterocycles. The van der Waals surface area contributed by atoms with E-state index >= 15 is 0 Å². The maximum atomic E-state index is 10.3. The lowest BCUT2D eigenvalue weighted by Crippen LogP contribution is -2.01. The summed E-state index contributed by atoms with van der Waals surface area (Å²) in [6.07, 6.45) is 4.71. The first-order valence-electron chi connectivity index (χ1n) is 7.24. The van der Waals surface area contributed by atoms with Crippen molar-refractivity contribution < 1.29 is 14.9 Å². The Morgan fingerprint density at radius 2 is 2.00 bits per heavy atom. The van der Waals surface area contributed by atoms with E-state index < -0.39 is 6.10 Å². The fourth-order valence-corrected chi connectivity index (χ4v) is 2.13. The minimum atomic E-state index is -0.666. The molecule has 4 heteroatoms. The van der Waals surface area contributed by atoms with Gasteiger partial charge in [0.15, 0.2) is 0 Å². The molecule has 2 aromatic rings. The van der Waals surface area contributed by atoms with Crippen molar-refractivity contribution >= 4 is 6.08 Å². The molecule has 0 bridgehead atoms. The van der Waals surface area contributed by atoms with E-state index in [1.165, 1.54) is 0 Å². The van der Waals surface area contributed by atoms with Crippen LogP contribution in [0.25, 0.3) is 6.08 Å². The zero-order valence-corrected chi connectivity index (χ0v) is 12.6. The zero-order chi connectivity index (χ0) is 15.8. The lowest BCUT2D eigenvalue weighted by molar-refractivity contribution is 0.108. The minimum absolute atomic E-state index is 0.0359. The van der Waals surface area contributed by atoms with Gasteiger partial charge in [0.1, 0.15) is 6.10 Å². The van der Waals surface area contributed by atoms with Crippen LogP contribution in [-0.2, 0) is 4.74 Å². The summed E-state index contributed by atoms with van der Waals surface area (Å²) in [7, 11) is 0. The molecule has 0 spiro atoms. The predicted octanol–water partition coefficient (Wildman–Crippen LogP) is 2.58. The number of aliphatic hydroxyl groups excluding tert-OH is 2. The Morgan fingerprint density at radius 3 is 2.64 bits per heavy atom.